The summed E-state index contributed by atoms with van der Waals surface area (Å²) in [6.45, 7) is 6.44. The molecule has 1 aliphatic heterocycles. The van der Waals surface area contributed by atoms with Crippen LogP contribution in [0.3, 0.4) is 0 Å². The van der Waals surface area contributed by atoms with Gasteiger partial charge in [0.25, 0.3) is 0 Å². The Morgan fingerprint density at radius 1 is 1.27 bits per heavy atom. The van der Waals surface area contributed by atoms with E-state index in [0.717, 1.165) is 17.3 Å². The van der Waals surface area contributed by atoms with Crippen LogP contribution in [-0.2, 0) is 11.3 Å². The summed E-state index contributed by atoms with van der Waals surface area (Å²) in [6, 6.07) is 4.71. The molecule has 1 aromatic heterocycles. The molecule has 0 N–H and O–H groups in total. The molecule has 2 heterocycles. The quantitative estimate of drug-likeness (QED) is 0.738. The third-order valence-corrected chi connectivity index (χ3v) is 4.21. The van der Waals surface area contributed by atoms with Gasteiger partial charge in [-0.05, 0) is 37.1 Å². The molecular weight excluding hydrogens is 338 g/mol. The fourth-order valence-corrected chi connectivity index (χ4v) is 2.96. The monoisotopic (exact) mass is 358 g/mol. The van der Waals surface area contributed by atoms with E-state index in [1.54, 1.807) is 10.9 Å². The van der Waals surface area contributed by atoms with Gasteiger partial charge in [0.1, 0.15) is 11.6 Å². The second-order valence-electron chi connectivity index (χ2n) is 6.40. The third-order valence-electron chi connectivity index (χ3n) is 4.21. The number of aromatic nitrogens is 2. The van der Waals surface area contributed by atoms with Crippen molar-refractivity contribution in [2.75, 3.05) is 0 Å². The number of carbonyl (C=O) groups is 1. The van der Waals surface area contributed by atoms with Crippen LogP contribution < -0.4 is 0 Å². The summed E-state index contributed by atoms with van der Waals surface area (Å²) >= 11 is 0. The van der Waals surface area contributed by atoms with Crippen molar-refractivity contribution in [3.63, 3.8) is 0 Å². The summed E-state index contributed by atoms with van der Waals surface area (Å²) in [5.41, 5.74) is 2.20. The Hall–Kier alpha value is -2.83. The summed E-state index contributed by atoms with van der Waals surface area (Å²) in [5.74, 6) is -1.53. The van der Waals surface area contributed by atoms with Gasteiger partial charge in [0.15, 0.2) is 0 Å². The Bertz CT molecular complexity index is 839. The Morgan fingerprint density at radius 3 is 2.65 bits per heavy atom. The molecule has 0 spiro atoms. The molecule has 0 saturated heterocycles. The van der Waals surface area contributed by atoms with Crippen LogP contribution in [0.1, 0.15) is 36.6 Å². The molecule has 0 saturated carbocycles. The number of nitrogens with zero attached hydrogens (tertiary/aromatic N) is 4. The number of aryl methyl sites for hydroxylation is 1. The molecule has 0 aliphatic carbocycles. The third kappa shape index (κ3) is 4.22. The first-order chi connectivity index (χ1) is 12.4. The van der Waals surface area contributed by atoms with Gasteiger partial charge >= 0.3 is 0 Å². The van der Waals surface area contributed by atoms with Gasteiger partial charge in [-0.3, -0.25) is 9.48 Å². The molecule has 5 nitrogen and oxygen atoms in total. The van der Waals surface area contributed by atoms with E-state index in [2.05, 4.69) is 16.8 Å². The lowest BCUT2D eigenvalue weighted by atomic mass is 10.0. The standard InChI is InChI=1S/C19H20F2N4O/c1-13(12-24-8-6-14(2)23-24)3-4-19(26)25-18(5-7-22-25)15-9-16(20)11-17(21)10-15/h6-11,18H,1,3-5,12H2,2H3. The summed E-state index contributed by atoms with van der Waals surface area (Å²) in [7, 11) is 0. The number of allylic oxidation sites excluding steroid dienone is 1. The van der Waals surface area contributed by atoms with E-state index in [4.69, 9.17) is 0 Å². The maximum absolute atomic E-state index is 13.5. The summed E-state index contributed by atoms with van der Waals surface area (Å²) in [4.78, 5) is 12.5. The van der Waals surface area contributed by atoms with Gasteiger partial charge in [0, 0.05) is 31.3 Å². The van der Waals surface area contributed by atoms with Crippen molar-refractivity contribution in [2.45, 2.75) is 38.8 Å². The van der Waals surface area contributed by atoms with Gasteiger partial charge in [-0.2, -0.15) is 10.2 Å². The van der Waals surface area contributed by atoms with Gasteiger partial charge in [-0.1, -0.05) is 12.2 Å². The highest BCUT2D eigenvalue weighted by molar-refractivity contribution is 5.80. The highest BCUT2D eigenvalue weighted by Gasteiger charge is 2.28. The topological polar surface area (TPSA) is 50.5 Å². The van der Waals surface area contributed by atoms with Crippen LogP contribution in [0.15, 0.2) is 47.7 Å². The lowest BCUT2D eigenvalue weighted by molar-refractivity contribution is -0.133. The molecule has 26 heavy (non-hydrogen) atoms. The Kier molecular flexibility index (Phi) is 5.25. The highest BCUT2D eigenvalue weighted by Crippen LogP contribution is 2.30. The lowest BCUT2D eigenvalue weighted by Crippen LogP contribution is -2.27. The molecule has 2 aromatic rings. The Labute approximate surface area is 150 Å². The second kappa shape index (κ2) is 7.59. The zero-order valence-electron chi connectivity index (χ0n) is 14.5. The number of amides is 1. The molecule has 1 unspecified atom stereocenters. The van der Waals surface area contributed by atoms with E-state index < -0.39 is 17.7 Å². The molecule has 0 fully saturated rings. The van der Waals surface area contributed by atoms with Gasteiger partial charge in [0.2, 0.25) is 5.91 Å². The smallest absolute Gasteiger partial charge is 0.243 e. The molecule has 1 atom stereocenters. The zero-order chi connectivity index (χ0) is 18.7. The minimum Gasteiger partial charge on any atom is -0.273 e. The first-order valence-corrected chi connectivity index (χ1v) is 8.39. The van der Waals surface area contributed by atoms with Gasteiger partial charge in [-0.15, -0.1) is 0 Å². The van der Waals surface area contributed by atoms with Crippen molar-refractivity contribution in [1.29, 1.82) is 0 Å². The van der Waals surface area contributed by atoms with Crippen LogP contribution in [-0.4, -0.2) is 26.9 Å². The number of halogens is 2. The van der Waals surface area contributed by atoms with Crippen molar-refractivity contribution in [1.82, 2.24) is 14.8 Å². The molecule has 136 valence electrons. The van der Waals surface area contributed by atoms with Gasteiger partial charge < -0.3 is 0 Å². The summed E-state index contributed by atoms with van der Waals surface area (Å²) < 4.78 is 28.7. The maximum atomic E-state index is 13.5. The minimum atomic E-state index is -0.665. The van der Waals surface area contributed by atoms with E-state index in [9.17, 15) is 13.6 Å². The molecule has 0 bridgehead atoms. The number of hydrogen-bond donors (Lipinski definition) is 0. The summed E-state index contributed by atoms with van der Waals surface area (Å²) in [6.07, 6.45) is 4.61. The van der Waals surface area contributed by atoms with E-state index in [0.29, 0.717) is 24.9 Å². The number of rotatable bonds is 6. The normalized spacial score (nSPS) is 16.3. The largest absolute Gasteiger partial charge is 0.273 e. The molecule has 7 heteroatoms. The van der Waals surface area contributed by atoms with Crippen LogP contribution in [0.25, 0.3) is 0 Å². The number of carbonyl (C=O) groups excluding carboxylic acids is 1. The van der Waals surface area contributed by atoms with Crippen molar-refractivity contribution in [2.24, 2.45) is 5.10 Å². The van der Waals surface area contributed by atoms with E-state index in [1.807, 2.05) is 19.2 Å². The van der Waals surface area contributed by atoms with Crippen LogP contribution in [0, 0.1) is 18.6 Å². The zero-order valence-corrected chi connectivity index (χ0v) is 14.5. The van der Waals surface area contributed by atoms with Crippen molar-refractivity contribution < 1.29 is 13.6 Å². The average Bonchev–Trinajstić information content (AvgIpc) is 3.21. The Morgan fingerprint density at radius 2 is 2.00 bits per heavy atom. The SMILES string of the molecule is C=C(CCC(=O)N1N=CCC1c1cc(F)cc(F)c1)Cn1ccc(C)n1. The number of benzene rings is 1. The van der Waals surface area contributed by atoms with Gasteiger partial charge in [-0.25, -0.2) is 13.8 Å². The first-order valence-electron chi connectivity index (χ1n) is 8.39. The van der Waals surface area contributed by atoms with Crippen LogP contribution in [0.2, 0.25) is 0 Å². The Balaban J connectivity index is 1.59. The van der Waals surface area contributed by atoms with E-state index in [-0.39, 0.29) is 12.3 Å². The van der Waals surface area contributed by atoms with Gasteiger partial charge in [0.05, 0.1) is 18.3 Å². The molecule has 1 amide bonds. The number of hydrogen-bond acceptors (Lipinski definition) is 3. The van der Waals surface area contributed by atoms with Crippen LogP contribution >= 0.6 is 0 Å². The fourth-order valence-electron chi connectivity index (χ4n) is 2.96. The van der Waals surface area contributed by atoms with Crippen molar-refractivity contribution in [3.05, 3.63) is 65.5 Å². The molecule has 0 radical (unpaired) electrons. The van der Waals surface area contributed by atoms with E-state index in [1.165, 1.54) is 17.1 Å². The highest BCUT2D eigenvalue weighted by atomic mass is 19.1. The molecule has 1 aliphatic rings. The maximum Gasteiger partial charge on any atom is 0.243 e. The molecule has 3 rings (SSSR count). The second-order valence-corrected chi connectivity index (χ2v) is 6.40. The predicted octanol–water partition coefficient (Wildman–Crippen LogP) is 3.77. The lowest BCUT2D eigenvalue weighted by Gasteiger charge is -2.22. The predicted molar refractivity (Wildman–Crippen MR) is 94.4 cm³/mol. The van der Waals surface area contributed by atoms with Crippen LogP contribution in [0.5, 0.6) is 0 Å². The first kappa shape index (κ1) is 18.0. The van der Waals surface area contributed by atoms with Crippen LogP contribution in [0.4, 0.5) is 8.78 Å². The van der Waals surface area contributed by atoms with Crippen molar-refractivity contribution in [3.8, 4) is 0 Å². The van der Waals surface area contributed by atoms with E-state index >= 15 is 0 Å². The van der Waals surface area contributed by atoms with Crippen molar-refractivity contribution >= 4 is 12.1 Å². The minimum absolute atomic E-state index is 0.203. The molecule has 1 aromatic carbocycles. The summed E-state index contributed by atoms with van der Waals surface area (Å²) in [5, 5.41) is 9.68. The average molecular weight is 358 g/mol. The molecular formula is C19H20F2N4O. The fraction of sp³-hybridized carbons (Fsp3) is 0.316. The number of hydrazone groups is 1.